The first-order valence-electron chi connectivity index (χ1n) is 4.67. The summed E-state index contributed by atoms with van der Waals surface area (Å²) in [6.45, 7) is 0. The Hall–Kier alpha value is -1.52. The highest BCUT2D eigenvalue weighted by molar-refractivity contribution is 5.87. The summed E-state index contributed by atoms with van der Waals surface area (Å²) in [7, 11) is 3.44. The number of nitrogens with zero attached hydrogens (tertiary/aromatic N) is 1. The van der Waals surface area contributed by atoms with Crippen LogP contribution in [0.3, 0.4) is 0 Å². The molecular weight excluding hydrogens is 219 g/mol. The Balaban J connectivity index is 2.94. The van der Waals surface area contributed by atoms with Crippen LogP contribution in [0.25, 0.3) is 0 Å². The second kappa shape index (κ2) is 4.55. The van der Waals surface area contributed by atoms with Crippen molar-refractivity contribution in [2.45, 2.75) is 12.6 Å². The molecule has 0 saturated carbocycles. The molecule has 0 unspecified atom stereocenters. The molecule has 0 fully saturated rings. The van der Waals surface area contributed by atoms with Crippen molar-refractivity contribution in [1.29, 1.82) is 0 Å². The molecule has 0 atom stereocenters. The van der Waals surface area contributed by atoms with Gasteiger partial charge in [0.05, 0.1) is 0 Å². The number of Topliss-reactive ketones (excluding diaryl/α,β-unsaturated/α-hetero) is 1. The van der Waals surface area contributed by atoms with Gasteiger partial charge in [0.2, 0.25) is 5.78 Å². The van der Waals surface area contributed by atoms with E-state index < -0.39 is 18.4 Å². The molecule has 0 aromatic heterocycles. The summed E-state index contributed by atoms with van der Waals surface area (Å²) in [5.74, 6) is -1.72. The van der Waals surface area contributed by atoms with Crippen molar-refractivity contribution in [2.24, 2.45) is 0 Å². The van der Waals surface area contributed by atoms with Crippen molar-refractivity contribution >= 4 is 11.5 Å². The van der Waals surface area contributed by atoms with Gasteiger partial charge in [0.25, 0.3) is 0 Å². The molecule has 16 heavy (non-hydrogen) atoms. The Morgan fingerprint density at radius 2 is 1.81 bits per heavy atom. The summed E-state index contributed by atoms with van der Waals surface area (Å²) in [5.41, 5.74) is 1.01. The molecule has 0 aliphatic rings. The highest BCUT2D eigenvalue weighted by atomic mass is 19.4. The maximum absolute atomic E-state index is 12.1. The predicted molar refractivity (Wildman–Crippen MR) is 55.5 cm³/mol. The fourth-order valence-electron chi connectivity index (χ4n) is 1.37. The van der Waals surface area contributed by atoms with Crippen LogP contribution in [0.15, 0.2) is 24.3 Å². The van der Waals surface area contributed by atoms with E-state index in [4.69, 9.17) is 0 Å². The minimum atomic E-state index is -4.76. The summed E-state index contributed by atoms with van der Waals surface area (Å²) >= 11 is 0. The Morgan fingerprint density at radius 3 is 2.31 bits per heavy atom. The molecule has 0 spiro atoms. The normalized spacial score (nSPS) is 11.3. The molecule has 0 N–H and O–H groups in total. The van der Waals surface area contributed by atoms with E-state index in [1.54, 1.807) is 37.2 Å². The molecular formula is C11H12F3NO. The van der Waals surface area contributed by atoms with Crippen LogP contribution in [-0.2, 0) is 11.2 Å². The second-order valence-corrected chi connectivity index (χ2v) is 3.62. The number of para-hydroxylation sites is 1. The van der Waals surface area contributed by atoms with E-state index >= 15 is 0 Å². The van der Waals surface area contributed by atoms with Crippen molar-refractivity contribution in [2.75, 3.05) is 19.0 Å². The van der Waals surface area contributed by atoms with Gasteiger partial charge in [-0.25, -0.2) is 0 Å². The SMILES string of the molecule is CN(C)c1ccccc1CC(=O)C(F)(F)F. The molecule has 0 aliphatic carbocycles. The van der Waals surface area contributed by atoms with Gasteiger partial charge in [-0.1, -0.05) is 18.2 Å². The van der Waals surface area contributed by atoms with Crippen LogP contribution in [0, 0.1) is 0 Å². The lowest BCUT2D eigenvalue weighted by atomic mass is 10.1. The van der Waals surface area contributed by atoms with Crippen molar-refractivity contribution in [3.8, 4) is 0 Å². The fourth-order valence-corrected chi connectivity index (χ4v) is 1.37. The van der Waals surface area contributed by atoms with Gasteiger partial charge >= 0.3 is 6.18 Å². The van der Waals surface area contributed by atoms with Gasteiger partial charge in [-0.15, -0.1) is 0 Å². The predicted octanol–water partition coefficient (Wildman–Crippen LogP) is 2.43. The number of hydrogen-bond donors (Lipinski definition) is 0. The third kappa shape index (κ3) is 2.98. The fraction of sp³-hybridized carbons (Fsp3) is 0.364. The molecule has 2 nitrogen and oxygen atoms in total. The maximum Gasteiger partial charge on any atom is 0.450 e. The molecule has 0 saturated heterocycles. The van der Waals surface area contributed by atoms with Gasteiger partial charge < -0.3 is 4.90 Å². The van der Waals surface area contributed by atoms with E-state index in [-0.39, 0.29) is 0 Å². The molecule has 0 aliphatic heterocycles. The molecule has 88 valence electrons. The van der Waals surface area contributed by atoms with Crippen molar-refractivity contribution in [1.82, 2.24) is 0 Å². The number of halogens is 3. The van der Waals surface area contributed by atoms with E-state index in [1.165, 1.54) is 6.07 Å². The summed E-state index contributed by atoms with van der Waals surface area (Å²) in [6.07, 6.45) is -5.38. The van der Waals surface area contributed by atoms with Crippen molar-refractivity contribution in [3.63, 3.8) is 0 Å². The van der Waals surface area contributed by atoms with Crippen LogP contribution in [-0.4, -0.2) is 26.1 Å². The zero-order chi connectivity index (χ0) is 12.3. The van der Waals surface area contributed by atoms with Gasteiger partial charge in [-0.2, -0.15) is 13.2 Å². The third-order valence-corrected chi connectivity index (χ3v) is 2.14. The van der Waals surface area contributed by atoms with Gasteiger partial charge in [-0.05, 0) is 11.6 Å². The number of carbonyl (C=O) groups excluding carboxylic acids is 1. The molecule has 1 rings (SSSR count). The molecule has 1 aromatic rings. The first-order valence-corrected chi connectivity index (χ1v) is 4.67. The quantitative estimate of drug-likeness (QED) is 0.796. The Labute approximate surface area is 91.7 Å². The Kier molecular flexibility index (Phi) is 3.57. The van der Waals surface area contributed by atoms with Crippen LogP contribution in [0.1, 0.15) is 5.56 Å². The third-order valence-electron chi connectivity index (χ3n) is 2.14. The zero-order valence-electron chi connectivity index (χ0n) is 9.01. The Bertz CT molecular complexity index is 385. The number of ketones is 1. The van der Waals surface area contributed by atoms with E-state index in [2.05, 4.69) is 0 Å². The maximum atomic E-state index is 12.1. The number of alkyl halides is 3. The van der Waals surface area contributed by atoms with E-state index in [0.29, 0.717) is 11.3 Å². The number of anilines is 1. The largest absolute Gasteiger partial charge is 0.450 e. The lowest BCUT2D eigenvalue weighted by molar-refractivity contribution is -0.170. The molecule has 0 radical (unpaired) electrons. The van der Waals surface area contributed by atoms with Crippen molar-refractivity contribution in [3.05, 3.63) is 29.8 Å². The van der Waals surface area contributed by atoms with Gasteiger partial charge in [0, 0.05) is 26.2 Å². The first kappa shape index (κ1) is 12.5. The highest BCUT2D eigenvalue weighted by Gasteiger charge is 2.38. The molecule has 0 heterocycles. The topological polar surface area (TPSA) is 20.3 Å². The molecule has 0 amide bonds. The van der Waals surface area contributed by atoms with Crippen LogP contribution in [0.5, 0.6) is 0 Å². The standard InChI is InChI=1S/C11H12F3NO/c1-15(2)9-6-4-3-5-8(9)7-10(16)11(12,13)14/h3-6H,7H2,1-2H3. The number of benzene rings is 1. The number of hydrogen-bond acceptors (Lipinski definition) is 2. The summed E-state index contributed by atoms with van der Waals surface area (Å²) in [5, 5.41) is 0. The lowest BCUT2D eigenvalue weighted by Gasteiger charge is -2.17. The minimum Gasteiger partial charge on any atom is -0.377 e. The average molecular weight is 231 g/mol. The highest BCUT2D eigenvalue weighted by Crippen LogP contribution is 2.23. The lowest BCUT2D eigenvalue weighted by Crippen LogP contribution is -2.25. The van der Waals surface area contributed by atoms with Gasteiger partial charge in [0.15, 0.2) is 0 Å². The number of carbonyl (C=O) groups is 1. The second-order valence-electron chi connectivity index (χ2n) is 3.62. The van der Waals surface area contributed by atoms with Gasteiger partial charge in [0.1, 0.15) is 0 Å². The average Bonchev–Trinajstić information content (AvgIpc) is 2.16. The number of rotatable bonds is 3. The minimum absolute atomic E-state index is 0.384. The summed E-state index contributed by atoms with van der Waals surface area (Å²) in [4.78, 5) is 12.5. The monoisotopic (exact) mass is 231 g/mol. The van der Waals surface area contributed by atoms with Crippen LogP contribution < -0.4 is 4.90 Å². The smallest absolute Gasteiger partial charge is 0.377 e. The van der Waals surface area contributed by atoms with E-state index in [1.807, 2.05) is 0 Å². The summed E-state index contributed by atoms with van der Waals surface area (Å²) < 4.78 is 36.3. The van der Waals surface area contributed by atoms with Crippen molar-refractivity contribution < 1.29 is 18.0 Å². The summed E-state index contributed by atoms with van der Waals surface area (Å²) in [6, 6.07) is 6.54. The molecule has 0 bridgehead atoms. The molecule has 1 aromatic carbocycles. The molecule has 5 heteroatoms. The van der Waals surface area contributed by atoms with E-state index in [0.717, 1.165) is 0 Å². The van der Waals surface area contributed by atoms with Crippen LogP contribution in [0.4, 0.5) is 18.9 Å². The van der Waals surface area contributed by atoms with Gasteiger partial charge in [-0.3, -0.25) is 4.79 Å². The van der Waals surface area contributed by atoms with Crippen LogP contribution in [0.2, 0.25) is 0 Å². The van der Waals surface area contributed by atoms with E-state index in [9.17, 15) is 18.0 Å². The Morgan fingerprint density at radius 1 is 1.25 bits per heavy atom. The van der Waals surface area contributed by atoms with Crippen LogP contribution >= 0.6 is 0 Å². The zero-order valence-corrected chi connectivity index (χ0v) is 9.01. The first-order chi connectivity index (χ1) is 7.32.